The van der Waals surface area contributed by atoms with Gasteiger partial charge in [0.25, 0.3) is 0 Å². The molecule has 0 radical (unpaired) electrons. The molecule has 1 spiro atoms. The molecule has 4 heterocycles. The third-order valence-electron chi connectivity index (χ3n) is 6.14. The van der Waals surface area contributed by atoms with Crippen molar-refractivity contribution in [2.45, 2.75) is 71.1 Å². The van der Waals surface area contributed by atoms with Crippen LogP contribution < -0.4 is 0 Å². The number of allylic oxidation sites excluding steroid dienone is 1. The van der Waals surface area contributed by atoms with Crippen molar-refractivity contribution in [1.29, 1.82) is 0 Å². The van der Waals surface area contributed by atoms with E-state index in [1.807, 2.05) is 13.8 Å². The minimum atomic E-state index is -0.787. The number of hydrogen-bond donors (Lipinski definition) is 0. The van der Waals surface area contributed by atoms with Crippen LogP contribution in [0.15, 0.2) is 11.3 Å². The summed E-state index contributed by atoms with van der Waals surface area (Å²) >= 11 is 0. The monoisotopic (exact) mass is 308 g/mol. The molecule has 122 valence electrons. The van der Waals surface area contributed by atoms with Crippen molar-refractivity contribution < 1.29 is 24.0 Å². The fourth-order valence-corrected chi connectivity index (χ4v) is 4.97. The Kier molecular flexibility index (Phi) is 3.04. The lowest BCUT2D eigenvalue weighted by Gasteiger charge is -2.57. The summed E-state index contributed by atoms with van der Waals surface area (Å²) in [6, 6.07) is 0. The first-order valence-electron chi connectivity index (χ1n) is 8.30. The van der Waals surface area contributed by atoms with Gasteiger partial charge in [-0.05, 0) is 44.6 Å². The highest BCUT2D eigenvalue weighted by Crippen LogP contribution is 2.60. The molecule has 5 heteroatoms. The Balaban J connectivity index is 1.87. The number of carbonyl (C=O) groups excluding carboxylic acids is 1. The highest BCUT2D eigenvalue weighted by molar-refractivity contribution is 5.92. The van der Waals surface area contributed by atoms with Crippen LogP contribution in [0.4, 0.5) is 0 Å². The first-order chi connectivity index (χ1) is 10.4. The molecule has 0 aromatic heterocycles. The van der Waals surface area contributed by atoms with E-state index in [9.17, 15) is 4.79 Å². The van der Waals surface area contributed by atoms with Gasteiger partial charge in [-0.1, -0.05) is 6.92 Å². The first-order valence-corrected chi connectivity index (χ1v) is 8.30. The van der Waals surface area contributed by atoms with Gasteiger partial charge in [0.15, 0.2) is 17.1 Å². The Labute approximate surface area is 130 Å². The third kappa shape index (κ3) is 1.73. The van der Waals surface area contributed by atoms with Gasteiger partial charge in [-0.3, -0.25) is 4.79 Å². The molecule has 1 unspecified atom stereocenters. The maximum absolute atomic E-state index is 12.0. The van der Waals surface area contributed by atoms with Crippen LogP contribution in [0.3, 0.4) is 0 Å². The summed E-state index contributed by atoms with van der Waals surface area (Å²) in [5, 5.41) is 0. The van der Waals surface area contributed by atoms with Crippen LogP contribution in [0.1, 0.15) is 53.4 Å². The number of fused-ring (bicyclic) bond motifs is 2. The van der Waals surface area contributed by atoms with Crippen LogP contribution in [-0.2, 0) is 24.0 Å². The lowest BCUT2D eigenvalue weighted by atomic mass is 9.59. The number of carbonyl (C=O) groups is 1. The van der Waals surface area contributed by atoms with Gasteiger partial charge in [0.1, 0.15) is 0 Å². The van der Waals surface area contributed by atoms with Gasteiger partial charge in [-0.25, -0.2) is 9.78 Å². The number of ether oxygens (including phenoxy) is 2. The van der Waals surface area contributed by atoms with Crippen molar-refractivity contribution in [3.05, 3.63) is 11.3 Å². The van der Waals surface area contributed by atoms with Crippen molar-refractivity contribution in [3.63, 3.8) is 0 Å². The van der Waals surface area contributed by atoms with Gasteiger partial charge in [0.2, 0.25) is 12.1 Å². The Morgan fingerprint density at radius 1 is 1.23 bits per heavy atom. The number of hydrogen-bond acceptors (Lipinski definition) is 5. The average molecular weight is 308 g/mol. The average Bonchev–Trinajstić information content (AvgIpc) is 2.69. The Morgan fingerprint density at radius 2 is 2.00 bits per heavy atom. The van der Waals surface area contributed by atoms with E-state index in [0.717, 1.165) is 31.3 Å². The number of Topliss-reactive ketones (excluding diaryl/α,β-unsaturated/α-hetero) is 1. The van der Waals surface area contributed by atoms with E-state index in [0.29, 0.717) is 17.6 Å². The molecule has 0 aromatic carbocycles. The number of ketones is 1. The van der Waals surface area contributed by atoms with Crippen LogP contribution in [-0.4, -0.2) is 23.5 Å². The Hall–Kier alpha value is -0.910. The van der Waals surface area contributed by atoms with E-state index in [1.165, 1.54) is 0 Å². The fourth-order valence-electron chi connectivity index (χ4n) is 4.97. The van der Waals surface area contributed by atoms with E-state index in [-0.39, 0.29) is 11.7 Å². The highest BCUT2D eigenvalue weighted by Gasteiger charge is 2.68. The second-order valence-corrected chi connectivity index (χ2v) is 7.54. The van der Waals surface area contributed by atoms with Crippen LogP contribution in [0.25, 0.3) is 0 Å². The SMILES string of the molecule is CC(=O)C1=C(C)[C@@H]2CC[C@@H](C)C3CC[C@@]4(C)OO[C@]32[C@H](O1)O4. The van der Waals surface area contributed by atoms with Crippen molar-refractivity contribution in [3.8, 4) is 0 Å². The number of rotatable bonds is 1. The van der Waals surface area contributed by atoms with Crippen molar-refractivity contribution in [1.82, 2.24) is 0 Å². The molecular formula is C17H24O5. The minimum absolute atomic E-state index is 0.0442. The minimum Gasteiger partial charge on any atom is -0.458 e. The second kappa shape index (κ2) is 4.56. The van der Waals surface area contributed by atoms with E-state index in [2.05, 4.69) is 6.92 Å². The topological polar surface area (TPSA) is 54.0 Å². The largest absolute Gasteiger partial charge is 0.458 e. The molecule has 0 amide bonds. The van der Waals surface area contributed by atoms with Crippen LogP contribution >= 0.6 is 0 Å². The molecule has 1 saturated carbocycles. The van der Waals surface area contributed by atoms with Crippen LogP contribution in [0.2, 0.25) is 0 Å². The molecule has 5 aliphatic rings. The van der Waals surface area contributed by atoms with Gasteiger partial charge in [0.05, 0.1) is 0 Å². The molecule has 4 aliphatic heterocycles. The molecule has 0 N–H and O–H groups in total. The molecular weight excluding hydrogens is 284 g/mol. The lowest BCUT2D eigenvalue weighted by Crippen LogP contribution is -2.66. The molecule has 5 nitrogen and oxygen atoms in total. The highest BCUT2D eigenvalue weighted by atomic mass is 17.3. The van der Waals surface area contributed by atoms with Crippen LogP contribution in [0.5, 0.6) is 0 Å². The molecule has 0 aromatic rings. The standard InChI is InChI=1S/C17H24O5/c1-9-5-6-13-10(2)14(11(3)18)19-15-17(13)12(9)7-8-16(4,20-15)21-22-17/h9,12-13,15H,5-8H2,1-4H3/t9-,12?,13+,15-,16-,17-/m1/s1. The predicted molar refractivity (Wildman–Crippen MR) is 77.3 cm³/mol. The Morgan fingerprint density at radius 3 is 2.73 bits per heavy atom. The normalized spacial score (nSPS) is 50.2. The van der Waals surface area contributed by atoms with Crippen molar-refractivity contribution >= 4 is 5.78 Å². The van der Waals surface area contributed by atoms with Gasteiger partial charge < -0.3 is 9.47 Å². The van der Waals surface area contributed by atoms with Gasteiger partial charge in [-0.2, -0.15) is 0 Å². The molecule has 6 atom stereocenters. The van der Waals surface area contributed by atoms with Gasteiger partial charge in [0, 0.05) is 25.2 Å². The molecule has 3 saturated heterocycles. The molecule has 4 fully saturated rings. The van der Waals surface area contributed by atoms with E-state index >= 15 is 0 Å². The fraction of sp³-hybridized carbons (Fsp3) is 0.824. The summed E-state index contributed by atoms with van der Waals surface area (Å²) in [6.07, 6.45) is 3.33. The van der Waals surface area contributed by atoms with E-state index < -0.39 is 17.7 Å². The first kappa shape index (κ1) is 14.7. The summed E-state index contributed by atoms with van der Waals surface area (Å²) < 4.78 is 12.2. The summed E-state index contributed by atoms with van der Waals surface area (Å²) in [5.74, 6) is 0.593. The zero-order valence-electron chi connectivity index (χ0n) is 13.7. The van der Waals surface area contributed by atoms with E-state index in [4.69, 9.17) is 19.2 Å². The zero-order chi connectivity index (χ0) is 15.7. The molecule has 2 bridgehead atoms. The quantitative estimate of drug-likeness (QED) is 0.697. The predicted octanol–water partition coefficient (Wildman–Crippen LogP) is 3.10. The maximum atomic E-state index is 12.0. The third-order valence-corrected chi connectivity index (χ3v) is 6.14. The van der Waals surface area contributed by atoms with Gasteiger partial charge in [-0.15, -0.1) is 0 Å². The zero-order valence-corrected chi connectivity index (χ0v) is 13.7. The molecule has 1 aliphatic carbocycles. The molecule has 5 rings (SSSR count). The summed E-state index contributed by atoms with van der Waals surface area (Å²) in [7, 11) is 0. The summed E-state index contributed by atoms with van der Waals surface area (Å²) in [5.41, 5.74) is 0.370. The smallest absolute Gasteiger partial charge is 0.236 e. The van der Waals surface area contributed by atoms with Crippen LogP contribution in [0, 0.1) is 17.8 Å². The van der Waals surface area contributed by atoms with Gasteiger partial charge >= 0.3 is 0 Å². The lowest BCUT2D eigenvalue weighted by molar-refractivity contribution is -0.555. The van der Waals surface area contributed by atoms with Crippen molar-refractivity contribution in [2.24, 2.45) is 17.8 Å². The summed E-state index contributed by atoms with van der Waals surface area (Å²) in [6.45, 7) is 7.70. The Bertz CT molecular complexity index is 555. The van der Waals surface area contributed by atoms with E-state index in [1.54, 1.807) is 6.92 Å². The summed E-state index contributed by atoms with van der Waals surface area (Å²) in [4.78, 5) is 23.7. The van der Waals surface area contributed by atoms with Crippen molar-refractivity contribution in [2.75, 3.05) is 0 Å². The maximum Gasteiger partial charge on any atom is 0.236 e. The molecule has 22 heavy (non-hydrogen) atoms. The second-order valence-electron chi connectivity index (χ2n) is 7.54.